The Morgan fingerprint density at radius 3 is 2.71 bits per heavy atom. The molecule has 0 aliphatic rings. The molecule has 112 valence electrons. The van der Waals surface area contributed by atoms with Crippen LogP contribution in [0.15, 0.2) is 35.1 Å². The van der Waals surface area contributed by atoms with E-state index in [1.165, 1.54) is 12.3 Å². The minimum absolute atomic E-state index is 0.0888. The molecule has 8 heteroatoms. The third-order valence-corrected chi connectivity index (χ3v) is 3.44. The Bertz CT molecular complexity index is 667. The topological polar surface area (TPSA) is 46.9 Å². The van der Waals surface area contributed by atoms with Gasteiger partial charge in [0.05, 0.1) is 23.0 Å². The standard InChI is InChI=1S/C13H11BrF3N3O/c1-2-20-7-9(6-18-20)19-12(21)10-5-8(13(15,16)17)3-4-11(10)14/h3-7H,2H2,1H3,(H,19,21). The van der Waals surface area contributed by atoms with Gasteiger partial charge in [-0.3, -0.25) is 9.48 Å². The SMILES string of the molecule is CCn1cc(NC(=O)c2cc(C(F)(F)F)ccc2Br)cn1. The molecule has 1 aromatic carbocycles. The third-order valence-electron chi connectivity index (χ3n) is 2.75. The molecule has 1 heterocycles. The number of aryl methyl sites for hydroxylation is 1. The summed E-state index contributed by atoms with van der Waals surface area (Å²) in [5.41, 5.74) is -0.541. The highest BCUT2D eigenvalue weighted by atomic mass is 79.9. The summed E-state index contributed by atoms with van der Waals surface area (Å²) < 4.78 is 39.9. The predicted molar refractivity (Wildman–Crippen MR) is 75.0 cm³/mol. The van der Waals surface area contributed by atoms with Crippen LogP contribution in [0.1, 0.15) is 22.8 Å². The van der Waals surface area contributed by atoms with Crippen molar-refractivity contribution < 1.29 is 18.0 Å². The number of hydrogen-bond donors (Lipinski definition) is 1. The van der Waals surface area contributed by atoms with Gasteiger partial charge in [-0.15, -0.1) is 0 Å². The molecule has 0 atom stereocenters. The molecule has 0 radical (unpaired) electrons. The summed E-state index contributed by atoms with van der Waals surface area (Å²) >= 11 is 3.08. The first kappa shape index (κ1) is 15.6. The number of nitrogens with one attached hydrogen (secondary N) is 1. The highest BCUT2D eigenvalue weighted by Gasteiger charge is 2.31. The van der Waals surface area contributed by atoms with Crippen molar-refractivity contribution in [3.63, 3.8) is 0 Å². The van der Waals surface area contributed by atoms with Crippen molar-refractivity contribution in [2.24, 2.45) is 0 Å². The fraction of sp³-hybridized carbons (Fsp3) is 0.231. The van der Waals surface area contributed by atoms with E-state index in [1.54, 1.807) is 10.9 Å². The lowest BCUT2D eigenvalue weighted by Gasteiger charge is -2.10. The van der Waals surface area contributed by atoms with E-state index in [0.717, 1.165) is 12.1 Å². The van der Waals surface area contributed by atoms with Crippen LogP contribution in [-0.2, 0) is 12.7 Å². The van der Waals surface area contributed by atoms with Crippen LogP contribution in [-0.4, -0.2) is 15.7 Å². The van der Waals surface area contributed by atoms with E-state index < -0.39 is 17.6 Å². The maximum atomic E-state index is 12.7. The zero-order valence-corrected chi connectivity index (χ0v) is 12.5. The van der Waals surface area contributed by atoms with Crippen LogP contribution in [0.5, 0.6) is 0 Å². The van der Waals surface area contributed by atoms with Crippen molar-refractivity contribution >= 4 is 27.5 Å². The Balaban J connectivity index is 2.26. The van der Waals surface area contributed by atoms with E-state index in [-0.39, 0.29) is 10.0 Å². The molecule has 0 spiro atoms. The first-order valence-corrected chi connectivity index (χ1v) is 6.81. The van der Waals surface area contributed by atoms with Crippen molar-refractivity contribution in [3.05, 3.63) is 46.2 Å². The van der Waals surface area contributed by atoms with Gasteiger partial charge in [0.15, 0.2) is 0 Å². The highest BCUT2D eigenvalue weighted by Crippen LogP contribution is 2.32. The number of anilines is 1. The van der Waals surface area contributed by atoms with Gasteiger partial charge >= 0.3 is 6.18 Å². The zero-order valence-electron chi connectivity index (χ0n) is 10.9. The van der Waals surface area contributed by atoms with Crippen LogP contribution in [0.3, 0.4) is 0 Å². The largest absolute Gasteiger partial charge is 0.416 e. The van der Waals surface area contributed by atoms with Crippen molar-refractivity contribution in [1.29, 1.82) is 0 Å². The van der Waals surface area contributed by atoms with Gasteiger partial charge in [0, 0.05) is 17.2 Å². The van der Waals surface area contributed by atoms with E-state index >= 15 is 0 Å². The lowest BCUT2D eigenvalue weighted by atomic mass is 10.1. The lowest BCUT2D eigenvalue weighted by molar-refractivity contribution is -0.137. The molecule has 0 aliphatic heterocycles. The molecule has 0 saturated carbocycles. The molecule has 0 saturated heterocycles. The minimum Gasteiger partial charge on any atom is -0.319 e. The third kappa shape index (κ3) is 3.63. The monoisotopic (exact) mass is 361 g/mol. The summed E-state index contributed by atoms with van der Waals surface area (Å²) in [6.07, 6.45) is -1.47. The number of nitrogens with zero attached hydrogens (tertiary/aromatic N) is 2. The number of aromatic nitrogens is 2. The lowest BCUT2D eigenvalue weighted by Crippen LogP contribution is -2.14. The van der Waals surface area contributed by atoms with E-state index in [2.05, 4.69) is 26.3 Å². The quantitative estimate of drug-likeness (QED) is 0.899. The van der Waals surface area contributed by atoms with Gasteiger partial charge in [-0.05, 0) is 41.1 Å². The van der Waals surface area contributed by atoms with Crippen LogP contribution in [0.25, 0.3) is 0 Å². The highest BCUT2D eigenvalue weighted by molar-refractivity contribution is 9.10. The van der Waals surface area contributed by atoms with Crippen molar-refractivity contribution in [2.45, 2.75) is 19.6 Å². The van der Waals surface area contributed by atoms with Crippen molar-refractivity contribution in [1.82, 2.24) is 9.78 Å². The van der Waals surface area contributed by atoms with E-state index in [1.807, 2.05) is 6.92 Å². The van der Waals surface area contributed by atoms with Gasteiger partial charge in [-0.1, -0.05) is 0 Å². The van der Waals surface area contributed by atoms with Gasteiger partial charge in [-0.2, -0.15) is 18.3 Å². The van der Waals surface area contributed by atoms with Gasteiger partial charge in [-0.25, -0.2) is 0 Å². The number of carbonyl (C=O) groups excluding carboxylic acids is 1. The van der Waals surface area contributed by atoms with E-state index in [0.29, 0.717) is 12.2 Å². The number of alkyl halides is 3. The van der Waals surface area contributed by atoms with Crippen molar-refractivity contribution in [2.75, 3.05) is 5.32 Å². The van der Waals surface area contributed by atoms with Gasteiger partial charge in [0.25, 0.3) is 5.91 Å². The Labute approximate surface area is 127 Å². The summed E-state index contributed by atoms with van der Waals surface area (Å²) in [4.78, 5) is 12.1. The number of benzene rings is 1. The Morgan fingerprint density at radius 1 is 1.43 bits per heavy atom. The van der Waals surface area contributed by atoms with Crippen LogP contribution in [0.2, 0.25) is 0 Å². The maximum absolute atomic E-state index is 12.7. The number of hydrogen-bond acceptors (Lipinski definition) is 2. The summed E-state index contributed by atoms with van der Waals surface area (Å²) in [6, 6.07) is 2.92. The average Bonchev–Trinajstić information content (AvgIpc) is 2.85. The molecule has 0 fully saturated rings. The molecule has 0 unspecified atom stereocenters. The van der Waals surface area contributed by atoms with Gasteiger partial charge < -0.3 is 5.32 Å². The van der Waals surface area contributed by atoms with Crippen LogP contribution < -0.4 is 5.32 Å². The molecule has 0 bridgehead atoms. The van der Waals surface area contributed by atoms with Gasteiger partial charge in [0.2, 0.25) is 0 Å². The minimum atomic E-state index is -4.50. The van der Waals surface area contributed by atoms with E-state index in [9.17, 15) is 18.0 Å². The number of rotatable bonds is 3. The molecule has 1 aromatic heterocycles. The van der Waals surface area contributed by atoms with E-state index in [4.69, 9.17) is 0 Å². The zero-order chi connectivity index (χ0) is 15.6. The second-order valence-electron chi connectivity index (χ2n) is 4.23. The molecule has 2 aromatic rings. The molecule has 1 N–H and O–H groups in total. The molecule has 2 rings (SSSR count). The van der Waals surface area contributed by atoms with Crippen LogP contribution in [0.4, 0.5) is 18.9 Å². The number of carbonyl (C=O) groups is 1. The molecule has 0 aliphatic carbocycles. The molecular formula is C13H11BrF3N3O. The second kappa shape index (κ2) is 5.88. The normalized spacial score (nSPS) is 11.5. The fourth-order valence-electron chi connectivity index (χ4n) is 1.68. The maximum Gasteiger partial charge on any atom is 0.416 e. The first-order chi connectivity index (χ1) is 9.81. The predicted octanol–water partition coefficient (Wildman–Crippen LogP) is 3.94. The number of halogens is 4. The summed E-state index contributed by atoms with van der Waals surface area (Å²) in [5, 5.41) is 6.48. The average molecular weight is 362 g/mol. The summed E-state index contributed by atoms with van der Waals surface area (Å²) in [5.74, 6) is -0.636. The molecule has 4 nitrogen and oxygen atoms in total. The Morgan fingerprint density at radius 2 is 2.14 bits per heavy atom. The first-order valence-electron chi connectivity index (χ1n) is 6.02. The Hall–Kier alpha value is -1.83. The smallest absolute Gasteiger partial charge is 0.319 e. The number of amides is 1. The van der Waals surface area contributed by atoms with Crippen LogP contribution >= 0.6 is 15.9 Å². The molecule has 21 heavy (non-hydrogen) atoms. The molecule has 1 amide bonds. The fourth-order valence-corrected chi connectivity index (χ4v) is 2.10. The second-order valence-corrected chi connectivity index (χ2v) is 5.09. The molecular weight excluding hydrogens is 351 g/mol. The summed E-state index contributed by atoms with van der Waals surface area (Å²) in [6.45, 7) is 2.51. The van der Waals surface area contributed by atoms with Crippen LogP contribution in [0, 0.1) is 0 Å². The Kier molecular flexibility index (Phi) is 4.36. The van der Waals surface area contributed by atoms with Crippen molar-refractivity contribution in [3.8, 4) is 0 Å². The van der Waals surface area contributed by atoms with Gasteiger partial charge in [0.1, 0.15) is 0 Å². The summed E-state index contributed by atoms with van der Waals surface area (Å²) in [7, 11) is 0.